The van der Waals surface area contributed by atoms with Gasteiger partial charge >= 0.3 is 0 Å². The molecule has 0 spiro atoms. The van der Waals surface area contributed by atoms with Gasteiger partial charge in [0.05, 0.1) is 4.92 Å². The number of aryl methyl sites for hydroxylation is 1. The van der Waals surface area contributed by atoms with Crippen molar-refractivity contribution in [3.05, 3.63) is 33.9 Å². The van der Waals surface area contributed by atoms with Crippen LogP contribution in [0.1, 0.15) is 18.4 Å². The minimum Gasteiger partial charge on any atom is -0.379 e. The standard InChI is InChI=1S/C13H18N2O2S/c1-10-2-3-12(13(8-10)15(16)17)14-9-11-4-6-18-7-5-11/h2-3,8,11,14H,4-7,9H2,1H3. The zero-order valence-corrected chi connectivity index (χ0v) is 11.3. The summed E-state index contributed by atoms with van der Waals surface area (Å²) in [5.74, 6) is 3.07. The summed E-state index contributed by atoms with van der Waals surface area (Å²) < 4.78 is 0. The summed E-state index contributed by atoms with van der Waals surface area (Å²) in [4.78, 5) is 10.7. The smallest absolute Gasteiger partial charge is 0.292 e. The van der Waals surface area contributed by atoms with E-state index in [0.717, 1.165) is 12.1 Å². The minimum absolute atomic E-state index is 0.181. The molecule has 1 aliphatic heterocycles. The second-order valence-electron chi connectivity index (χ2n) is 4.71. The molecule has 1 N–H and O–H groups in total. The monoisotopic (exact) mass is 266 g/mol. The number of nitro benzene ring substituents is 1. The molecule has 5 heteroatoms. The van der Waals surface area contributed by atoms with Gasteiger partial charge in [0.15, 0.2) is 0 Å². The van der Waals surface area contributed by atoms with Crippen LogP contribution in [0.3, 0.4) is 0 Å². The summed E-state index contributed by atoms with van der Waals surface area (Å²) in [7, 11) is 0. The topological polar surface area (TPSA) is 55.2 Å². The van der Waals surface area contributed by atoms with E-state index in [1.54, 1.807) is 6.07 Å². The minimum atomic E-state index is -0.313. The van der Waals surface area contributed by atoms with E-state index in [9.17, 15) is 10.1 Å². The quantitative estimate of drug-likeness (QED) is 0.670. The molecule has 1 aromatic carbocycles. The van der Waals surface area contributed by atoms with Gasteiger partial charge in [-0.3, -0.25) is 10.1 Å². The lowest BCUT2D eigenvalue weighted by molar-refractivity contribution is -0.384. The molecule has 1 heterocycles. The van der Waals surface area contributed by atoms with E-state index >= 15 is 0 Å². The Morgan fingerprint density at radius 1 is 1.44 bits per heavy atom. The van der Waals surface area contributed by atoms with Crippen molar-refractivity contribution in [2.75, 3.05) is 23.4 Å². The molecule has 0 aromatic heterocycles. The zero-order valence-electron chi connectivity index (χ0n) is 10.5. The number of nitrogens with one attached hydrogen (secondary N) is 1. The van der Waals surface area contributed by atoms with Crippen molar-refractivity contribution in [2.24, 2.45) is 5.92 Å². The Balaban J connectivity index is 2.01. The first-order valence-corrected chi connectivity index (χ1v) is 7.39. The van der Waals surface area contributed by atoms with Gasteiger partial charge in [-0.1, -0.05) is 6.07 Å². The average Bonchev–Trinajstić information content (AvgIpc) is 2.38. The maximum Gasteiger partial charge on any atom is 0.292 e. The van der Waals surface area contributed by atoms with E-state index in [4.69, 9.17) is 0 Å². The van der Waals surface area contributed by atoms with E-state index in [1.165, 1.54) is 24.3 Å². The van der Waals surface area contributed by atoms with Crippen molar-refractivity contribution < 1.29 is 4.92 Å². The van der Waals surface area contributed by atoms with E-state index in [0.29, 0.717) is 11.6 Å². The number of rotatable bonds is 4. The second kappa shape index (κ2) is 6.09. The summed E-state index contributed by atoms with van der Waals surface area (Å²) >= 11 is 1.99. The number of benzene rings is 1. The molecule has 2 rings (SSSR count). The predicted molar refractivity (Wildman–Crippen MR) is 76.4 cm³/mol. The summed E-state index contributed by atoms with van der Waals surface area (Å²) in [5, 5.41) is 14.2. The normalized spacial score (nSPS) is 16.5. The first-order chi connectivity index (χ1) is 8.66. The highest BCUT2D eigenvalue weighted by molar-refractivity contribution is 7.99. The number of hydrogen-bond acceptors (Lipinski definition) is 4. The highest BCUT2D eigenvalue weighted by Crippen LogP contribution is 2.27. The van der Waals surface area contributed by atoms with Crippen molar-refractivity contribution in [3.63, 3.8) is 0 Å². The Bertz CT molecular complexity index is 431. The van der Waals surface area contributed by atoms with Gasteiger partial charge in [0, 0.05) is 12.6 Å². The van der Waals surface area contributed by atoms with Gasteiger partial charge in [-0.15, -0.1) is 0 Å². The Morgan fingerprint density at radius 2 is 2.17 bits per heavy atom. The molecule has 0 saturated carbocycles. The fourth-order valence-corrected chi connectivity index (χ4v) is 3.35. The molecule has 0 aliphatic carbocycles. The molecule has 98 valence electrons. The van der Waals surface area contributed by atoms with Crippen molar-refractivity contribution in [1.29, 1.82) is 0 Å². The molecule has 0 unspecified atom stereocenters. The van der Waals surface area contributed by atoms with Gasteiger partial charge in [-0.2, -0.15) is 11.8 Å². The SMILES string of the molecule is Cc1ccc(NCC2CCSCC2)c([N+](=O)[O-])c1. The fourth-order valence-electron chi connectivity index (χ4n) is 2.15. The van der Waals surface area contributed by atoms with Crippen LogP contribution in [0, 0.1) is 23.0 Å². The molecular weight excluding hydrogens is 248 g/mol. The third kappa shape index (κ3) is 3.38. The Kier molecular flexibility index (Phi) is 4.47. The molecule has 0 amide bonds. The molecule has 18 heavy (non-hydrogen) atoms. The number of thioether (sulfide) groups is 1. The van der Waals surface area contributed by atoms with Crippen LogP contribution in [-0.2, 0) is 0 Å². The summed E-state index contributed by atoms with van der Waals surface area (Å²) in [5.41, 5.74) is 1.74. The van der Waals surface area contributed by atoms with Gasteiger partial charge in [0.1, 0.15) is 5.69 Å². The van der Waals surface area contributed by atoms with Crippen LogP contribution in [0.5, 0.6) is 0 Å². The summed E-state index contributed by atoms with van der Waals surface area (Å²) in [6, 6.07) is 5.34. The summed E-state index contributed by atoms with van der Waals surface area (Å²) in [6.07, 6.45) is 2.41. The molecular formula is C13H18N2O2S. The second-order valence-corrected chi connectivity index (χ2v) is 5.94. The number of hydrogen-bond donors (Lipinski definition) is 1. The lowest BCUT2D eigenvalue weighted by Gasteiger charge is -2.22. The molecule has 1 aromatic rings. The molecule has 1 fully saturated rings. The Hall–Kier alpha value is -1.23. The maximum atomic E-state index is 11.0. The highest BCUT2D eigenvalue weighted by Gasteiger charge is 2.17. The fraction of sp³-hybridized carbons (Fsp3) is 0.538. The van der Waals surface area contributed by atoms with Crippen LogP contribution in [0.25, 0.3) is 0 Å². The van der Waals surface area contributed by atoms with Crippen molar-refractivity contribution in [1.82, 2.24) is 0 Å². The molecule has 1 aliphatic rings. The Labute approximate surface area is 111 Å². The zero-order chi connectivity index (χ0) is 13.0. The van der Waals surface area contributed by atoms with E-state index < -0.39 is 0 Å². The highest BCUT2D eigenvalue weighted by atomic mass is 32.2. The number of nitro groups is 1. The van der Waals surface area contributed by atoms with Crippen LogP contribution in [-0.4, -0.2) is 23.0 Å². The average molecular weight is 266 g/mol. The van der Waals surface area contributed by atoms with E-state index in [-0.39, 0.29) is 10.6 Å². The molecule has 0 atom stereocenters. The van der Waals surface area contributed by atoms with Crippen LogP contribution >= 0.6 is 11.8 Å². The molecule has 1 saturated heterocycles. The lowest BCUT2D eigenvalue weighted by Crippen LogP contribution is -2.19. The van der Waals surface area contributed by atoms with Crippen LogP contribution in [0.15, 0.2) is 18.2 Å². The van der Waals surface area contributed by atoms with Crippen molar-refractivity contribution in [2.45, 2.75) is 19.8 Å². The lowest BCUT2D eigenvalue weighted by atomic mass is 10.0. The van der Waals surface area contributed by atoms with E-state index in [2.05, 4.69) is 5.32 Å². The first-order valence-electron chi connectivity index (χ1n) is 6.23. The van der Waals surface area contributed by atoms with Gasteiger partial charge in [-0.05, 0) is 48.8 Å². The third-order valence-electron chi connectivity index (χ3n) is 3.27. The summed E-state index contributed by atoms with van der Waals surface area (Å²) in [6.45, 7) is 2.71. The maximum absolute atomic E-state index is 11.0. The molecule has 0 bridgehead atoms. The Morgan fingerprint density at radius 3 is 2.83 bits per heavy atom. The molecule has 0 radical (unpaired) electrons. The van der Waals surface area contributed by atoms with Gasteiger partial charge in [-0.25, -0.2) is 0 Å². The predicted octanol–water partition coefficient (Wildman–Crippen LogP) is 3.46. The van der Waals surface area contributed by atoms with Gasteiger partial charge in [0.2, 0.25) is 0 Å². The largest absolute Gasteiger partial charge is 0.379 e. The van der Waals surface area contributed by atoms with Crippen molar-refractivity contribution >= 4 is 23.1 Å². The number of nitrogens with zero attached hydrogens (tertiary/aromatic N) is 1. The van der Waals surface area contributed by atoms with Crippen LogP contribution in [0.2, 0.25) is 0 Å². The van der Waals surface area contributed by atoms with Gasteiger partial charge in [0.25, 0.3) is 5.69 Å². The van der Waals surface area contributed by atoms with Crippen LogP contribution in [0.4, 0.5) is 11.4 Å². The third-order valence-corrected chi connectivity index (χ3v) is 4.32. The number of anilines is 1. The van der Waals surface area contributed by atoms with Crippen molar-refractivity contribution in [3.8, 4) is 0 Å². The van der Waals surface area contributed by atoms with Crippen LogP contribution < -0.4 is 5.32 Å². The molecule has 4 nitrogen and oxygen atoms in total. The first kappa shape index (κ1) is 13.2. The van der Waals surface area contributed by atoms with E-state index in [1.807, 2.05) is 30.8 Å². The van der Waals surface area contributed by atoms with Gasteiger partial charge < -0.3 is 5.32 Å².